The predicted octanol–water partition coefficient (Wildman–Crippen LogP) is 6.43. The van der Waals surface area contributed by atoms with Crippen molar-refractivity contribution in [1.82, 2.24) is 0 Å². The van der Waals surface area contributed by atoms with Gasteiger partial charge >= 0.3 is 0 Å². The first-order chi connectivity index (χ1) is 8.49. The zero-order valence-electron chi connectivity index (χ0n) is 10.7. The second-order valence-electron chi connectivity index (χ2n) is 4.79. The Kier molecular flexibility index (Phi) is 4.68. The van der Waals surface area contributed by atoms with Crippen LogP contribution in [-0.2, 0) is 0 Å². The van der Waals surface area contributed by atoms with E-state index < -0.39 is 0 Å². The van der Waals surface area contributed by atoms with Gasteiger partial charge in [0.1, 0.15) is 0 Å². The quantitative estimate of drug-likeness (QED) is 0.532. The van der Waals surface area contributed by atoms with Crippen LogP contribution in [0.15, 0.2) is 34.1 Å². The monoisotopic (exact) mass is 386 g/mol. The molecule has 0 nitrogen and oxygen atoms in total. The molecular weight excluding hydrogens is 372 g/mol. The smallest absolute Gasteiger partial charge is 0.0738 e. The lowest BCUT2D eigenvalue weighted by atomic mass is 10.0. The van der Waals surface area contributed by atoms with E-state index in [-0.39, 0.29) is 4.83 Å². The van der Waals surface area contributed by atoms with Gasteiger partial charge in [-0.25, -0.2) is 0 Å². The molecule has 0 aliphatic rings. The Morgan fingerprint density at radius 3 is 2.06 bits per heavy atom. The summed E-state index contributed by atoms with van der Waals surface area (Å²) in [6.45, 7) is 6.58. The van der Waals surface area contributed by atoms with Crippen molar-refractivity contribution in [1.29, 1.82) is 0 Å². The number of halogens is 2. The van der Waals surface area contributed by atoms with Crippen LogP contribution in [0.1, 0.15) is 46.2 Å². The van der Waals surface area contributed by atoms with E-state index in [4.69, 9.17) is 0 Å². The van der Waals surface area contributed by atoms with Crippen LogP contribution in [0.25, 0.3) is 0 Å². The molecule has 0 aliphatic carbocycles. The van der Waals surface area contributed by atoms with Crippen molar-refractivity contribution in [2.45, 2.75) is 31.5 Å². The Labute approximate surface area is 130 Å². The van der Waals surface area contributed by atoms with Crippen molar-refractivity contribution in [3.05, 3.63) is 55.7 Å². The van der Waals surface area contributed by atoms with Crippen LogP contribution < -0.4 is 0 Å². The molecule has 1 heterocycles. The van der Waals surface area contributed by atoms with Gasteiger partial charge in [-0.2, -0.15) is 0 Å². The van der Waals surface area contributed by atoms with Crippen molar-refractivity contribution in [2.24, 2.45) is 0 Å². The topological polar surface area (TPSA) is 0 Å². The number of hydrogen-bond donors (Lipinski definition) is 0. The molecule has 0 spiro atoms. The number of benzene rings is 1. The van der Waals surface area contributed by atoms with Crippen LogP contribution in [-0.4, -0.2) is 0 Å². The molecule has 0 N–H and O–H groups in total. The molecule has 0 aliphatic heterocycles. The Balaban J connectivity index is 2.25. The minimum atomic E-state index is 0.286. The Morgan fingerprint density at radius 2 is 1.61 bits per heavy atom. The van der Waals surface area contributed by atoms with Crippen LogP contribution in [0.3, 0.4) is 0 Å². The summed E-state index contributed by atoms with van der Waals surface area (Å²) in [6, 6.07) is 11.1. The second kappa shape index (κ2) is 5.89. The molecule has 1 aromatic carbocycles. The Morgan fingerprint density at radius 1 is 1.06 bits per heavy atom. The van der Waals surface area contributed by atoms with Crippen molar-refractivity contribution in [3.63, 3.8) is 0 Å². The molecule has 18 heavy (non-hydrogen) atoms. The van der Waals surface area contributed by atoms with Gasteiger partial charge in [-0.1, -0.05) is 54.0 Å². The van der Waals surface area contributed by atoms with Crippen LogP contribution >= 0.6 is 43.2 Å². The van der Waals surface area contributed by atoms with Crippen LogP contribution in [0.5, 0.6) is 0 Å². The highest BCUT2D eigenvalue weighted by atomic mass is 79.9. The minimum Gasteiger partial charge on any atom is -0.131 e. The van der Waals surface area contributed by atoms with Gasteiger partial charge in [-0.15, -0.1) is 11.3 Å². The molecule has 0 bridgehead atoms. The van der Waals surface area contributed by atoms with Gasteiger partial charge < -0.3 is 0 Å². The van der Waals surface area contributed by atoms with E-state index in [1.165, 1.54) is 25.4 Å². The molecule has 0 saturated carbocycles. The molecular formula is C15H16Br2S. The molecule has 0 amide bonds. The molecule has 1 atom stereocenters. The first-order valence-electron chi connectivity index (χ1n) is 5.98. The van der Waals surface area contributed by atoms with E-state index in [1.54, 1.807) is 11.3 Å². The lowest BCUT2D eigenvalue weighted by molar-refractivity contribution is 0.865. The SMILES string of the molecule is Cc1cc(C(Br)c2ccc(C(C)C)cc2)sc1Br. The first-order valence-corrected chi connectivity index (χ1v) is 8.51. The van der Waals surface area contributed by atoms with Crippen molar-refractivity contribution >= 4 is 43.2 Å². The minimum absolute atomic E-state index is 0.286. The summed E-state index contributed by atoms with van der Waals surface area (Å²) in [7, 11) is 0. The lowest BCUT2D eigenvalue weighted by Gasteiger charge is -2.10. The van der Waals surface area contributed by atoms with Crippen molar-refractivity contribution in [3.8, 4) is 0 Å². The third kappa shape index (κ3) is 3.06. The van der Waals surface area contributed by atoms with Gasteiger partial charge in [0.05, 0.1) is 8.61 Å². The second-order valence-corrected chi connectivity index (χ2v) is 8.11. The van der Waals surface area contributed by atoms with Gasteiger partial charge in [0.25, 0.3) is 0 Å². The van der Waals surface area contributed by atoms with Gasteiger partial charge in [0.15, 0.2) is 0 Å². The molecule has 96 valence electrons. The van der Waals surface area contributed by atoms with Crippen LogP contribution in [0.2, 0.25) is 0 Å². The summed E-state index contributed by atoms with van der Waals surface area (Å²) in [6.07, 6.45) is 0. The molecule has 2 aromatic rings. The largest absolute Gasteiger partial charge is 0.131 e. The van der Waals surface area contributed by atoms with Crippen LogP contribution in [0, 0.1) is 6.92 Å². The molecule has 0 radical (unpaired) electrons. The predicted molar refractivity (Wildman–Crippen MR) is 88.1 cm³/mol. The maximum absolute atomic E-state index is 3.79. The summed E-state index contributed by atoms with van der Waals surface area (Å²) in [5, 5.41) is 0. The summed E-state index contributed by atoms with van der Waals surface area (Å²) >= 11 is 9.18. The summed E-state index contributed by atoms with van der Waals surface area (Å²) in [5.41, 5.74) is 4.01. The molecule has 0 fully saturated rings. The molecule has 2 rings (SSSR count). The average Bonchev–Trinajstić information content (AvgIpc) is 2.69. The zero-order chi connectivity index (χ0) is 13.3. The molecule has 3 heteroatoms. The first kappa shape index (κ1) is 14.3. The fourth-order valence-electron chi connectivity index (χ4n) is 1.82. The molecule has 1 unspecified atom stereocenters. The van der Waals surface area contributed by atoms with E-state index in [2.05, 4.69) is 83.0 Å². The highest BCUT2D eigenvalue weighted by Crippen LogP contribution is 2.39. The zero-order valence-corrected chi connectivity index (χ0v) is 14.7. The highest BCUT2D eigenvalue weighted by molar-refractivity contribution is 9.11. The van der Waals surface area contributed by atoms with Gasteiger partial charge in [-0.05, 0) is 51.5 Å². The number of thiophene rings is 1. The number of hydrogen-bond acceptors (Lipinski definition) is 1. The lowest BCUT2D eigenvalue weighted by Crippen LogP contribution is -1.92. The number of rotatable bonds is 3. The number of aryl methyl sites for hydroxylation is 1. The normalized spacial score (nSPS) is 13.0. The van der Waals surface area contributed by atoms with E-state index in [0.717, 1.165) is 0 Å². The third-order valence-electron chi connectivity index (χ3n) is 3.02. The molecule has 1 aromatic heterocycles. The summed E-state index contributed by atoms with van der Waals surface area (Å²) in [4.78, 5) is 1.63. The van der Waals surface area contributed by atoms with Crippen molar-refractivity contribution < 1.29 is 0 Å². The van der Waals surface area contributed by atoms with Crippen LogP contribution in [0.4, 0.5) is 0 Å². The highest BCUT2D eigenvalue weighted by Gasteiger charge is 2.14. The summed E-state index contributed by atoms with van der Waals surface area (Å²) in [5.74, 6) is 0.589. The maximum Gasteiger partial charge on any atom is 0.0738 e. The van der Waals surface area contributed by atoms with E-state index >= 15 is 0 Å². The van der Waals surface area contributed by atoms with Gasteiger partial charge in [0, 0.05) is 4.88 Å². The maximum atomic E-state index is 3.79. The summed E-state index contributed by atoms with van der Waals surface area (Å²) < 4.78 is 1.22. The Bertz CT molecular complexity index is 506. The molecule has 0 saturated heterocycles. The fraction of sp³-hybridized carbons (Fsp3) is 0.333. The van der Waals surface area contributed by atoms with Gasteiger partial charge in [-0.3, -0.25) is 0 Å². The standard InChI is InChI=1S/C15H16Br2S/c1-9(2)11-4-6-12(7-5-11)14(16)13-8-10(3)15(17)18-13/h4-9,14H,1-3H3. The third-order valence-corrected chi connectivity index (χ3v) is 6.55. The van der Waals surface area contributed by atoms with E-state index in [9.17, 15) is 0 Å². The average molecular weight is 388 g/mol. The Hall–Kier alpha value is -0.120. The number of alkyl halides is 1. The van der Waals surface area contributed by atoms with E-state index in [0.29, 0.717) is 5.92 Å². The van der Waals surface area contributed by atoms with Crippen molar-refractivity contribution in [2.75, 3.05) is 0 Å². The fourth-order valence-corrected chi connectivity index (χ4v) is 4.12. The van der Waals surface area contributed by atoms with Gasteiger partial charge in [0.2, 0.25) is 0 Å². The van der Waals surface area contributed by atoms with E-state index in [1.807, 2.05) is 0 Å².